The summed E-state index contributed by atoms with van der Waals surface area (Å²) < 4.78 is 0. The summed E-state index contributed by atoms with van der Waals surface area (Å²) in [5, 5.41) is 11.0. The van der Waals surface area contributed by atoms with Crippen molar-refractivity contribution < 1.29 is 5.11 Å². The number of nitrogens with zero attached hydrogens (tertiary/aromatic N) is 1. The van der Waals surface area contributed by atoms with Crippen LogP contribution in [0.15, 0.2) is 18.2 Å². The molecule has 0 amide bonds. The molecule has 0 heterocycles. The van der Waals surface area contributed by atoms with Gasteiger partial charge in [0.1, 0.15) is 0 Å². The Labute approximate surface area is 113 Å². The zero-order valence-corrected chi connectivity index (χ0v) is 12.0. The summed E-state index contributed by atoms with van der Waals surface area (Å²) >= 11 is 12.1. The first-order chi connectivity index (χ1) is 7.83. The van der Waals surface area contributed by atoms with E-state index in [9.17, 15) is 5.11 Å². The maximum atomic E-state index is 9.82. The molecule has 0 spiro atoms. The molecule has 96 valence electrons. The van der Waals surface area contributed by atoms with Crippen molar-refractivity contribution in [2.45, 2.75) is 32.9 Å². The molecule has 0 aliphatic rings. The Kier molecular flexibility index (Phi) is 5.26. The largest absolute Gasteiger partial charge is 0.389 e. The second kappa shape index (κ2) is 6.05. The van der Waals surface area contributed by atoms with Crippen LogP contribution in [0.25, 0.3) is 0 Å². The van der Waals surface area contributed by atoms with E-state index in [0.29, 0.717) is 23.1 Å². The second-order valence-corrected chi connectivity index (χ2v) is 5.61. The van der Waals surface area contributed by atoms with Crippen LogP contribution in [0.1, 0.15) is 26.3 Å². The van der Waals surface area contributed by atoms with Gasteiger partial charge in [0.25, 0.3) is 0 Å². The van der Waals surface area contributed by atoms with Gasteiger partial charge in [0.2, 0.25) is 0 Å². The van der Waals surface area contributed by atoms with Crippen molar-refractivity contribution >= 4 is 23.2 Å². The lowest BCUT2D eigenvalue weighted by atomic mass is 10.1. The molecule has 17 heavy (non-hydrogen) atoms. The Balaban J connectivity index is 2.77. The molecule has 4 heteroatoms. The maximum absolute atomic E-state index is 9.82. The van der Waals surface area contributed by atoms with E-state index in [0.717, 1.165) is 12.1 Å². The third kappa shape index (κ3) is 4.84. The Morgan fingerprint density at radius 3 is 2.47 bits per heavy atom. The molecule has 1 N–H and O–H groups in total. The third-order valence-corrected chi connectivity index (χ3v) is 3.34. The van der Waals surface area contributed by atoms with E-state index in [1.807, 2.05) is 12.1 Å². The van der Waals surface area contributed by atoms with Crippen LogP contribution in [0, 0.1) is 0 Å². The number of aliphatic hydroxyl groups is 1. The Bertz CT molecular complexity index is 374. The van der Waals surface area contributed by atoms with E-state index in [-0.39, 0.29) is 0 Å². The summed E-state index contributed by atoms with van der Waals surface area (Å²) in [5.74, 6) is 0. The third-order valence-electron chi connectivity index (χ3n) is 2.48. The number of hydrogen-bond acceptors (Lipinski definition) is 2. The predicted octanol–water partition coefficient (Wildman–Crippen LogP) is 3.59. The van der Waals surface area contributed by atoms with Gasteiger partial charge in [0, 0.05) is 13.1 Å². The molecule has 1 rings (SSSR count). The van der Waals surface area contributed by atoms with Gasteiger partial charge < -0.3 is 5.11 Å². The second-order valence-electron chi connectivity index (χ2n) is 4.83. The molecular formula is C13H19Cl2NO. The van der Waals surface area contributed by atoms with Crippen LogP contribution in [0.3, 0.4) is 0 Å². The van der Waals surface area contributed by atoms with Gasteiger partial charge in [0.05, 0.1) is 15.6 Å². The van der Waals surface area contributed by atoms with E-state index in [1.54, 1.807) is 19.9 Å². The fourth-order valence-corrected chi connectivity index (χ4v) is 2.12. The zero-order chi connectivity index (χ0) is 13.1. The summed E-state index contributed by atoms with van der Waals surface area (Å²) in [6.45, 7) is 7.81. The van der Waals surface area contributed by atoms with Crippen molar-refractivity contribution in [1.82, 2.24) is 4.90 Å². The molecule has 0 aliphatic heterocycles. The van der Waals surface area contributed by atoms with Crippen LogP contribution in [-0.4, -0.2) is 28.7 Å². The average Bonchev–Trinajstić information content (AvgIpc) is 2.21. The number of rotatable bonds is 5. The summed E-state index contributed by atoms with van der Waals surface area (Å²) in [5.41, 5.74) is 0.284. The highest BCUT2D eigenvalue weighted by Gasteiger charge is 2.18. The van der Waals surface area contributed by atoms with Crippen molar-refractivity contribution in [1.29, 1.82) is 0 Å². The standard InChI is InChI=1S/C13H19Cl2NO/c1-4-16(9-13(2,3)17)8-10-6-5-7-11(14)12(10)15/h5-7,17H,4,8-9H2,1-3H3. The highest BCUT2D eigenvalue weighted by molar-refractivity contribution is 6.42. The fourth-order valence-electron chi connectivity index (χ4n) is 1.74. The topological polar surface area (TPSA) is 23.5 Å². The lowest BCUT2D eigenvalue weighted by Gasteiger charge is -2.28. The van der Waals surface area contributed by atoms with E-state index in [1.165, 1.54) is 0 Å². The van der Waals surface area contributed by atoms with E-state index in [2.05, 4.69) is 11.8 Å². The van der Waals surface area contributed by atoms with E-state index >= 15 is 0 Å². The lowest BCUT2D eigenvalue weighted by molar-refractivity contribution is 0.0353. The minimum absolute atomic E-state index is 0.573. The normalized spacial score (nSPS) is 12.2. The summed E-state index contributed by atoms with van der Waals surface area (Å²) in [7, 11) is 0. The lowest BCUT2D eigenvalue weighted by Crippen LogP contribution is -2.38. The molecule has 0 aromatic heterocycles. The van der Waals surface area contributed by atoms with Crippen LogP contribution in [0.2, 0.25) is 10.0 Å². The highest BCUT2D eigenvalue weighted by Crippen LogP contribution is 2.26. The molecule has 0 radical (unpaired) electrons. The molecule has 1 aromatic rings. The predicted molar refractivity (Wildman–Crippen MR) is 73.7 cm³/mol. The summed E-state index contributed by atoms with van der Waals surface area (Å²) in [6, 6.07) is 5.63. The van der Waals surface area contributed by atoms with Gasteiger partial charge in [0.15, 0.2) is 0 Å². The van der Waals surface area contributed by atoms with Crippen molar-refractivity contribution in [2.24, 2.45) is 0 Å². The first kappa shape index (κ1) is 14.8. The molecule has 0 saturated carbocycles. The van der Waals surface area contributed by atoms with Crippen molar-refractivity contribution in [2.75, 3.05) is 13.1 Å². The van der Waals surface area contributed by atoms with Gasteiger partial charge in [-0.2, -0.15) is 0 Å². The molecule has 0 saturated heterocycles. The van der Waals surface area contributed by atoms with Gasteiger partial charge in [-0.25, -0.2) is 0 Å². The van der Waals surface area contributed by atoms with Gasteiger partial charge in [-0.3, -0.25) is 4.90 Å². The fraction of sp³-hybridized carbons (Fsp3) is 0.538. The van der Waals surface area contributed by atoms with Crippen LogP contribution in [0.5, 0.6) is 0 Å². The molecule has 0 bridgehead atoms. The molecule has 1 aromatic carbocycles. The Morgan fingerprint density at radius 2 is 1.94 bits per heavy atom. The number of likely N-dealkylation sites (N-methyl/N-ethyl adjacent to an activating group) is 1. The first-order valence-corrected chi connectivity index (χ1v) is 6.46. The van der Waals surface area contributed by atoms with Crippen molar-refractivity contribution in [3.8, 4) is 0 Å². The molecule has 0 aliphatic carbocycles. The maximum Gasteiger partial charge on any atom is 0.0718 e. The molecule has 2 nitrogen and oxygen atoms in total. The smallest absolute Gasteiger partial charge is 0.0718 e. The van der Waals surface area contributed by atoms with Crippen LogP contribution >= 0.6 is 23.2 Å². The molecule has 0 atom stereocenters. The van der Waals surface area contributed by atoms with Crippen LogP contribution in [0.4, 0.5) is 0 Å². The molecular weight excluding hydrogens is 257 g/mol. The van der Waals surface area contributed by atoms with Crippen LogP contribution in [-0.2, 0) is 6.54 Å². The van der Waals surface area contributed by atoms with Crippen molar-refractivity contribution in [3.63, 3.8) is 0 Å². The van der Waals surface area contributed by atoms with Gasteiger partial charge in [-0.1, -0.05) is 42.3 Å². The van der Waals surface area contributed by atoms with Crippen LogP contribution < -0.4 is 0 Å². The summed E-state index contributed by atoms with van der Waals surface area (Å²) in [6.07, 6.45) is 0. The zero-order valence-electron chi connectivity index (χ0n) is 10.5. The Morgan fingerprint density at radius 1 is 1.29 bits per heavy atom. The number of hydrogen-bond donors (Lipinski definition) is 1. The van der Waals surface area contributed by atoms with Gasteiger partial charge >= 0.3 is 0 Å². The number of benzene rings is 1. The minimum atomic E-state index is -0.707. The quantitative estimate of drug-likeness (QED) is 0.888. The monoisotopic (exact) mass is 275 g/mol. The van der Waals surface area contributed by atoms with E-state index in [4.69, 9.17) is 23.2 Å². The molecule has 0 unspecified atom stereocenters. The minimum Gasteiger partial charge on any atom is -0.389 e. The van der Waals surface area contributed by atoms with Crippen molar-refractivity contribution in [3.05, 3.63) is 33.8 Å². The Hall–Kier alpha value is -0.280. The number of halogens is 2. The first-order valence-electron chi connectivity index (χ1n) is 5.71. The summed E-state index contributed by atoms with van der Waals surface area (Å²) in [4.78, 5) is 2.14. The molecule has 0 fully saturated rings. The van der Waals surface area contributed by atoms with Gasteiger partial charge in [-0.05, 0) is 32.0 Å². The highest BCUT2D eigenvalue weighted by atomic mass is 35.5. The average molecular weight is 276 g/mol. The van der Waals surface area contributed by atoms with E-state index < -0.39 is 5.60 Å². The SMILES string of the molecule is CCN(Cc1cccc(Cl)c1Cl)CC(C)(C)O. The van der Waals surface area contributed by atoms with Gasteiger partial charge in [-0.15, -0.1) is 0 Å².